The molecule has 2 atom stereocenters. The number of hydrogen-bond donors (Lipinski definition) is 2. The molecule has 2 unspecified atom stereocenters. The van der Waals surface area contributed by atoms with Crippen molar-refractivity contribution in [3.8, 4) is 0 Å². The average Bonchev–Trinajstić information content (AvgIpc) is 2.76. The summed E-state index contributed by atoms with van der Waals surface area (Å²) in [6, 6.07) is 3.78. The van der Waals surface area contributed by atoms with E-state index in [4.69, 9.17) is 11.6 Å². The fourth-order valence-electron chi connectivity index (χ4n) is 2.44. The van der Waals surface area contributed by atoms with E-state index in [1.54, 1.807) is 6.20 Å². The van der Waals surface area contributed by atoms with Crippen LogP contribution in [0.15, 0.2) is 18.3 Å². The Bertz CT molecular complexity index is 540. The number of nitrogens with zero attached hydrogens (tertiary/aromatic N) is 1. The summed E-state index contributed by atoms with van der Waals surface area (Å²) < 4.78 is 13.9. The van der Waals surface area contributed by atoms with E-state index in [1.807, 2.05) is 12.1 Å². The van der Waals surface area contributed by atoms with E-state index in [-0.39, 0.29) is 5.92 Å². The Labute approximate surface area is 103 Å². The number of aromatic nitrogens is 2. The lowest BCUT2D eigenvalue weighted by Gasteiger charge is -2.27. The summed E-state index contributed by atoms with van der Waals surface area (Å²) in [6.45, 7) is 1.24. The number of alkyl halides is 1. The zero-order chi connectivity index (χ0) is 11.8. The first-order valence-electron chi connectivity index (χ1n) is 5.73. The molecule has 0 saturated carbocycles. The molecule has 0 amide bonds. The van der Waals surface area contributed by atoms with E-state index in [9.17, 15) is 4.39 Å². The van der Waals surface area contributed by atoms with Crippen molar-refractivity contribution < 1.29 is 4.39 Å². The van der Waals surface area contributed by atoms with E-state index in [2.05, 4.69) is 15.5 Å². The smallest absolute Gasteiger partial charge is 0.119 e. The van der Waals surface area contributed by atoms with Crippen LogP contribution in [0.4, 0.5) is 4.39 Å². The molecule has 2 aromatic rings. The topological polar surface area (TPSA) is 40.7 Å². The third-order valence-electron chi connectivity index (χ3n) is 3.37. The second kappa shape index (κ2) is 4.27. The predicted octanol–water partition coefficient (Wildman–Crippen LogP) is 2.63. The second-order valence-electron chi connectivity index (χ2n) is 4.45. The third-order valence-corrected chi connectivity index (χ3v) is 3.69. The molecule has 0 aliphatic carbocycles. The van der Waals surface area contributed by atoms with Gasteiger partial charge in [0.25, 0.3) is 0 Å². The average molecular weight is 254 g/mol. The monoisotopic (exact) mass is 253 g/mol. The fraction of sp³-hybridized carbons (Fsp3) is 0.417. The molecule has 1 saturated heterocycles. The molecule has 17 heavy (non-hydrogen) atoms. The van der Waals surface area contributed by atoms with E-state index in [1.165, 1.54) is 0 Å². The van der Waals surface area contributed by atoms with Crippen molar-refractivity contribution in [2.45, 2.75) is 18.5 Å². The summed E-state index contributed by atoms with van der Waals surface area (Å²) in [5.74, 6) is -0.114. The van der Waals surface area contributed by atoms with Gasteiger partial charge in [0, 0.05) is 22.9 Å². The van der Waals surface area contributed by atoms with Crippen LogP contribution in [0.2, 0.25) is 5.02 Å². The lowest BCUT2D eigenvalue weighted by molar-refractivity contribution is 0.231. The molecule has 2 heterocycles. The van der Waals surface area contributed by atoms with Crippen LogP contribution in [0, 0.1) is 0 Å². The largest absolute Gasteiger partial charge is 0.314 e. The minimum Gasteiger partial charge on any atom is -0.314 e. The van der Waals surface area contributed by atoms with Gasteiger partial charge in [0.15, 0.2) is 0 Å². The summed E-state index contributed by atoms with van der Waals surface area (Å²) in [4.78, 5) is 0. The molecule has 3 rings (SSSR count). The molecule has 1 aromatic heterocycles. The summed E-state index contributed by atoms with van der Waals surface area (Å²) in [5.41, 5.74) is 1.80. The standard InChI is InChI=1S/C12H13ClFN3/c13-10-3-7-5-16-17-12(7)4-9(10)8-1-2-15-6-11(8)14/h3-5,8,11,15H,1-2,6H2,(H,16,17). The number of benzene rings is 1. The second-order valence-corrected chi connectivity index (χ2v) is 4.85. The van der Waals surface area contributed by atoms with Crippen LogP contribution in [-0.4, -0.2) is 29.5 Å². The Kier molecular flexibility index (Phi) is 2.76. The van der Waals surface area contributed by atoms with Crippen molar-refractivity contribution in [2.24, 2.45) is 0 Å². The highest BCUT2D eigenvalue weighted by Crippen LogP contribution is 2.34. The molecule has 5 heteroatoms. The first-order chi connectivity index (χ1) is 8.25. The van der Waals surface area contributed by atoms with Crippen molar-refractivity contribution in [2.75, 3.05) is 13.1 Å². The first-order valence-corrected chi connectivity index (χ1v) is 6.11. The summed E-state index contributed by atoms with van der Waals surface area (Å²) in [5, 5.41) is 11.5. The van der Waals surface area contributed by atoms with E-state index in [0.717, 1.165) is 29.4 Å². The van der Waals surface area contributed by atoms with Gasteiger partial charge in [0.2, 0.25) is 0 Å². The van der Waals surface area contributed by atoms with Gasteiger partial charge in [-0.05, 0) is 30.7 Å². The lowest BCUT2D eigenvalue weighted by atomic mass is 9.88. The summed E-state index contributed by atoms with van der Waals surface area (Å²) in [7, 11) is 0. The molecular formula is C12H13ClFN3. The van der Waals surface area contributed by atoms with Crippen molar-refractivity contribution in [3.63, 3.8) is 0 Å². The number of aromatic amines is 1. The normalized spacial score (nSPS) is 25.3. The van der Waals surface area contributed by atoms with Gasteiger partial charge in [-0.2, -0.15) is 5.10 Å². The van der Waals surface area contributed by atoms with Crippen LogP contribution in [-0.2, 0) is 0 Å². The quantitative estimate of drug-likeness (QED) is 0.820. The van der Waals surface area contributed by atoms with Crippen molar-refractivity contribution in [1.29, 1.82) is 0 Å². The molecule has 0 spiro atoms. The molecule has 2 N–H and O–H groups in total. The van der Waals surface area contributed by atoms with E-state index in [0.29, 0.717) is 11.6 Å². The van der Waals surface area contributed by atoms with Crippen molar-refractivity contribution in [3.05, 3.63) is 28.9 Å². The van der Waals surface area contributed by atoms with Gasteiger partial charge in [-0.25, -0.2) is 4.39 Å². The number of hydrogen-bond acceptors (Lipinski definition) is 2. The molecular weight excluding hydrogens is 241 g/mol. The molecule has 0 radical (unpaired) electrons. The van der Waals surface area contributed by atoms with Crippen LogP contribution in [0.3, 0.4) is 0 Å². The zero-order valence-electron chi connectivity index (χ0n) is 9.21. The van der Waals surface area contributed by atoms with Gasteiger partial charge in [-0.1, -0.05) is 11.6 Å². The first kappa shape index (κ1) is 11.0. The zero-order valence-corrected chi connectivity index (χ0v) is 9.97. The van der Waals surface area contributed by atoms with Crippen LogP contribution in [0.25, 0.3) is 10.9 Å². The SMILES string of the molecule is FC1CNCCC1c1cc2[nH]ncc2cc1Cl. The highest BCUT2D eigenvalue weighted by molar-refractivity contribution is 6.32. The molecule has 1 fully saturated rings. The molecule has 3 nitrogen and oxygen atoms in total. The number of fused-ring (bicyclic) bond motifs is 1. The number of nitrogens with one attached hydrogen (secondary N) is 2. The van der Waals surface area contributed by atoms with Gasteiger partial charge in [-0.15, -0.1) is 0 Å². The summed E-state index contributed by atoms with van der Waals surface area (Å²) >= 11 is 6.23. The molecule has 1 aromatic carbocycles. The molecule has 1 aliphatic rings. The number of halogens is 2. The highest BCUT2D eigenvalue weighted by atomic mass is 35.5. The Morgan fingerprint density at radius 2 is 2.29 bits per heavy atom. The van der Waals surface area contributed by atoms with E-state index < -0.39 is 6.17 Å². The Morgan fingerprint density at radius 1 is 1.41 bits per heavy atom. The van der Waals surface area contributed by atoms with Crippen LogP contribution in [0.1, 0.15) is 17.9 Å². The Morgan fingerprint density at radius 3 is 3.12 bits per heavy atom. The van der Waals surface area contributed by atoms with Crippen LogP contribution in [0.5, 0.6) is 0 Å². The van der Waals surface area contributed by atoms with Crippen molar-refractivity contribution in [1.82, 2.24) is 15.5 Å². The molecule has 1 aliphatic heterocycles. The lowest BCUT2D eigenvalue weighted by Crippen LogP contribution is -2.36. The predicted molar refractivity (Wildman–Crippen MR) is 66.2 cm³/mol. The minimum absolute atomic E-state index is 0.114. The maximum absolute atomic E-state index is 13.9. The number of rotatable bonds is 1. The number of H-pyrrole nitrogens is 1. The van der Waals surface area contributed by atoms with Gasteiger partial charge in [0.1, 0.15) is 6.17 Å². The Hall–Kier alpha value is -1.13. The maximum atomic E-state index is 13.9. The molecule has 0 bridgehead atoms. The fourth-order valence-corrected chi connectivity index (χ4v) is 2.75. The van der Waals surface area contributed by atoms with Gasteiger partial charge < -0.3 is 5.32 Å². The third kappa shape index (κ3) is 1.91. The van der Waals surface area contributed by atoms with E-state index >= 15 is 0 Å². The van der Waals surface area contributed by atoms with Gasteiger partial charge in [-0.3, -0.25) is 5.10 Å². The summed E-state index contributed by atoms with van der Waals surface area (Å²) in [6.07, 6.45) is 1.63. The van der Waals surface area contributed by atoms with Crippen LogP contribution >= 0.6 is 11.6 Å². The van der Waals surface area contributed by atoms with Crippen molar-refractivity contribution >= 4 is 22.5 Å². The van der Waals surface area contributed by atoms with Gasteiger partial charge >= 0.3 is 0 Å². The van der Waals surface area contributed by atoms with Gasteiger partial charge in [0.05, 0.1) is 11.7 Å². The molecule has 90 valence electrons. The Balaban J connectivity index is 2.05. The number of piperidine rings is 1. The minimum atomic E-state index is -0.873. The van der Waals surface area contributed by atoms with Crippen LogP contribution < -0.4 is 5.32 Å². The maximum Gasteiger partial charge on any atom is 0.119 e. The highest BCUT2D eigenvalue weighted by Gasteiger charge is 2.28.